The van der Waals surface area contributed by atoms with Crippen molar-refractivity contribution in [3.05, 3.63) is 0 Å². The van der Waals surface area contributed by atoms with Crippen molar-refractivity contribution in [3.63, 3.8) is 0 Å². The van der Waals surface area contributed by atoms with E-state index in [1.165, 1.54) is 0 Å². The fourth-order valence-electron chi connectivity index (χ4n) is 2.44. The van der Waals surface area contributed by atoms with Gasteiger partial charge >= 0.3 is 5.97 Å². The van der Waals surface area contributed by atoms with Gasteiger partial charge in [-0.25, -0.2) is 0 Å². The summed E-state index contributed by atoms with van der Waals surface area (Å²) in [4.78, 5) is 12.2. The molecule has 1 aliphatic heterocycles. The van der Waals surface area contributed by atoms with Gasteiger partial charge in [-0.15, -0.1) is 0 Å². The van der Waals surface area contributed by atoms with Crippen LogP contribution >= 0.6 is 0 Å². The number of rotatable bonds is 6. The molecule has 0 aromatic rings. The second kappa shape index (κ2) is 6.36. The lowest BCUT2D eigenvalue weighted by Gasteiger charge is -2.35. The first kappa shape index (κ1) is 14.5. The molecule has 0 amide bonds. The Labute approximate surface area is 104 Å². The van der Waals surface area contributed by atoms with Gasteiger partial charge in [0.15, 0.2) is 0 Å². The van der Waals surface area contributed by atoms with Crippen LogP contribution in [0.4, 0.5) is 0 Å². The second-order valence-corrected chi connectivity index (χ2v) is 5.07. The van der Waals surface area contributed by atoms with Gasteiger partial charge < -0.3 is 15.2 Å². The molecule has 4 heteroatoms. The highest BCUT2D eigenvalue weighted by atomic mass is 16.5. The van der Waals surface area contributed by atoms with Gasteiger partial charge in [0.05, 0.1) is 18.1 Å². The summed E-state index contributed by atoms with van der Waals surface area (Å²) in [6.45, 7) is 7.40. The first-order valence-electron chi connectivity index (χ1n) is 6.55. The SMILES string of the molecule is CCOC(=O)C(CN)(CC1CCCO1)C(C)C. The van der Waals surface area contributed by atoms with E-state index in [1.54, 1.807) is 0 Å². The van der Waals surface area contributed by atoms with Gasteiger partial charge in [0.25, 0.3) is 0 Å². The van der Waals surface area contributed by atoms with E-state index in [-0.39, 0.29) is 18.0 Å². The van der Waals surface area contributed by atoms with E-state index in [0.717, 1.165) is 19.4 Å². The van der Waals surface area contributed by atoms with Gasteiger partial charge in [-0.2, -0.15) is 0 Å². The maximum Gasteiger partial charge on any atom is 0.313 e. The first-order valence-corrected chi connectivity index (χ1v) is 6.55. The smallest absolute Gasteiger partial charge is 0.313 e. The van der Waals surface area contributed by atoms with Crippen LogP contribution in [-0.4, -0.2) is 31.8 Å². The summed E-state index contributed by atoms with van der Waals surface area (Å²) in [6.07, 6.45) is 2.94. The standard InChI is InChI=1S/C13H25NO3/c1-4-16-12(15)13(9-14,10(2)3)8-11-6-5-7-17-11/h10-11H,4-9,14H2,1-3H3. The third-order valence-electron chi connectivity index (χ3n) is 3.77. The molecule has 0 spiro atoms. The van der Waals surface area contributed by atoms with Gasteiger partial charge in [0, 0.05) is 13.2 Å². The summed E-state index contributed by atoms with van der Waals surface area (Å²) in [7, 11) is 0. The quantitative estimate of drug-likeness (QED) is 0.722. The highest BCUT2D eigenvalue weighted by Crippen LogP contribution is 2.36. The van der Waals surface area contributed by atoms with Crippen molar-refractivity contribution in [3.8, 4) is 0 Å². The lowest BCUT2D eigenvalue weighted by molar-refractivity contribution is -0.160. The van der Waals surface area contributed by atoms with Crippen molar-refractivity contribution in [2.24, 2.45) is 17.1 Å². The van der Waals surface area contributed by atoms with Crippen LogP contribution in [0.1, 0.15) is 40.0 Å². The minimum Gasteiger partial charge on any atom is -0.466 e. The van der Waals surface area contributed by atoms with Crippen LogP contribution < -0.4 is 5.73 Å². The van der Waals surface area contributed by atoms with Crippen LogP contribution in [0.5, 0.6) is 0 Å². The van der Waals surface area contributed by atoms with Gasteiger partial charge in [0.2, 0.25) is 0 Å². The molecule has 1 saturated heterocycles. The van der Waals surface area contributed by atoms with Crippen LogP contribution in [0.3, 0.4) is 0 Å². The Morgan fingerprint density at radius 2 is 2.29 bits per heavy atom. The second-order valence-electron chi connectivity index (χ2n) is 5.07. The van der Waals surface area contributed by atoms with Gasteiger partial charge in [-0.1, -0.05) is 13.8 Å². The summed E-state index contributed by atoms with van der Waals surface area (Å²) < 4.78 is 10.8. The zero-order chi connectivity index (χ0) is 12.9. The van der Waals surface area contributed by atoms with E-state index in [0.29, 0.717) is 19.6 Å². The van der Waals surface area contributed by atoms with E-state index in [4.69, 9.17) is 15.2 Å². The number of hydrogen-bond acceptors (Lipinski definition) is 4. The van der Waals surface area contributed by atoms with E-state index in [1.807, 2.05) is 20.8 Å². The lowest BCUT2D eigenvalue weighted by atomic mass is 9.72. The highest BCUT2D eigenvalue weighted by Gasteiger charge is 2.44. The molecule has 0 aromatic heterocycles. The third-order valence-corrected chi connectivity index (χ3v) is 3.77. The van der Waals surface area contributed by atoms with E-state index in [9.17, 15) is 4.79 Å². The number of hydrogen-bond donors (Lipinski definition) is 1. The van der Waals surface area contributed by atoms with Crippen molar-refractivity contribution in [2.75, 3.05) is 19.8 Å². The molecule has 4 nitrogen and oxygen atoms in total. The zero-order valence-corrected chi connectivity index (χ0v) is 11.2. The third kappa shape index (κ3) is 3.19. The molecule has 100 valence electrons. The van der Waals surface area contributed by atoms with Crippen molar-refractivity contribution in [2.45, 2.75) is 46.1 Å². The Bertz CT molecular complexity index is 249. The first-order chi connectivity index (χ1) is 8.06. The largest absolute Gasteiger partial charge is 0.466 e. The van der Waals surface area contributed by atoms with Crippen molar-refractivity contribution in [1.82, 2.24) is 0 Å². The molecular weight excluding hydrogens is 218 g/mol. The minimum atomic E-state index is -0.592. The molecule has 2 unspecified atom stereocenters. The lowest BCUT2D eigenvalue weighted by Crippen LogP contribution is -2.46. The average molecular weight is 243 g/mol. The molecule has 1 heterocycles. The fourth-order valence-corrected chi connectivity index (χ4v) is 2.44. The van der Waals surface area contributed by atoms with E-state index >= 15 is 0 Å². The summed E-state index contributed by atoms with van der Waals surface area (Å²) in [6, 6.07) is 0. The maximum atomic E-state index is 12.2. The van der Waals surface area contributed by atoms with Crippen molar-refractivity contribution < 1.29 is 14.3 Å². The van der Waals surface area contributed by atoms with Crippen molar-refractivity contribution in [1.29, 1.82) is 0 Å². The number of carbonyl (C=O) groups is 1. The molecule has 1 aliphatic rings. The van der Waals surface area contributed by atoms with E-state index < -0.39 is 5.41 Å². The van der Waals surface area contributed by atoms with Crippen LogP contribution in [0.2, 0.25) is 0 Å². The van der Waals surface area contributed by atoms with E-state index in [2.05, 4.69) is 0 Å². The molecule has 2 atom stereocenters. The Balaban J connectivity index is 2.78. The highest BCUT2D eigenvalue weighted by molar-refractivity contribution is 5.77. The topological polar surface area (TPSA) is 61.5 Å². The Morgan fingerprint density at radius 3 is 2.71 bits per heavy atom. The normalized spacial score (nSPS) is 23.7. The molecule has 1 fully saturated rings. The van der Waals surface area contributed by atoms with Crippen LogP contribution in [0, 0.1) is 11.3 Å². The van der Waals surface area contributed by atoms with Gasteiger partial charge in [0.1, 0.15) is 0 Å². The number of carbonyl (C=O) groups excluding carboxylic acids is 1. The number of nitrogens with two attached hydrogens (primary N) is 1. The summed E-state index contributed by atoms with van der Waals surface area (Å²) in [5.41, 5.74) is 5.27. The minimum absolute atomic E-state index is 0.158. The molecule has 0 bridgehead atoms. The molecule has 17 heavy (non-hydrogen) atoms. The predicted octanol–water partition coefficient (Wildman–Crippen LogP) is 1.72. The molecule has 0 aromatic carbocycles. The molecule has 0 radical (unpaired) electrons. The summed E-state index contributed by atoms with van der Waals surface area (Å²) in [5.74, 6) is -0.0104. The Kier molecular flexibility index (Phi) is 5.40. The average Bonchev–Trinajstić information content (AvgIpc) is 2.78. The zero-order valence-electron chi connectivity index (χ0n) is 11.2. The molecule has 0 saturated carbocycles. The van der Waals surface area contributed by atoms with Crippen LogP contribution in [-0.2, 0) is 14.3 Å². The summed E-state index contributed by atoms with van der Waals surface area (Å²) >= 11 is 0. The van der Waals surface area contributed by atoms with Gasteiger partial charge in [-0.3, -0.25) is 4.79 Å². The van der Waals surface area contributed by atoms with Crippen LogP contribution in [0.15, 0.2) is 0 Å². The molecule has 0 aliphatic carbocycles. The fraction of sp³-hybridized carbons (Fsp3) is 0.923. The maximum absolute atomic E-state index is 12.2. The molecule has 2 N–H and O–H groups in total. The molecular formula is C13H25NO3. The monoisotopic (exact) mass is 243 g/mol. The summed E-state index contributed by atoms with van der Waals surface area (Å²) in [5, 5.41) is 0. The van der Waals surface area contributed by atoms with Gasteiger partial charge in [-0.05, 0) is 32.1 Å². The van der Waals surface area contributed by atoms with Crippen LogP contribution in [0.25, 0.3) is 0 Å². The Morgan fingerprint density at radius 1 is 1.59 bits per heavy atom. The Hall–Kier alpha value is -0.610. The number of esters is 1. The predicted molar refractivity (Wildman–Crippen MR) is 66.5 cm³/mol. The molecule has 1 rings (SSSR count). The number of ether oxygens (including phenoxy) is 2. The van der Waals surface area contributed by atoms with Crippen molar-refractivity contribution >= 4 is 5.97 Å².